The van der Waals surface area contributed by atoms with E-state index in [0.717, 1.165) is 11.8 Å². The van der Waals surface area contributed by atoms with E-state index in [1.54, 1.807) is 11.1 Å². The summed E-state index contributed by atoms with van der Waals surface area (Å²) in [4.78, 5) is 0. The number of benzene rings is 3. The standard InChI is InChI=1S/C22H22/c1-3-7-17-15(5-1)9-11-21-19(17)13-14-20-18-8-4-2-6-16(18)10-12-22(20)21/h1,3,5,7,9,11,13-14,16,18H,2,4,6,8,10,12H2. The fourth-order valence-electron chi connectivity index (χ4n) is 5.09. The van der Waals surface area contributed by atoms with Crippen molar-refractivity contribution in [1.82, 2.24) is 0 Å². The summed E-state index contributed by atoms with van der Waals surface area (Å²) in [6.07, 6.45) is 8.44. The fraction of sp³-hybridized carbons (Fsp3) is 0.364. The molecular weight excluding hydrogens is 264 g/mol. The Hall–Kier alpha value is -1.82. The van der Waals surface area contributed by atoms with Crippen molar-refractivity contribution < 1.29 is 0 Å². The Labute approximate surface area is 132 Å². The van der Waals surface area contributed by atoms with Crippen molar-refractivity contribution in [3.63, 3.8) is 0 Å². The largest absolute Gasteiger partial charge is 0.0616 e. The first-order valence-electron chi connectivity index (χ1n) is 8.85. The molecular formula is C22H22. The van der Waals surface area contributed by atoms with Crippen molar-refractivity contribution >= 4 is 21.5 Å². The molecule has 0 spiro atoms. The van der Waals surface area contributed by atoms with Crippen LogP contribution in [-0.4, -0.2) is 0 Å². The second-order valence-corrected chi connectivity index (χ2v) is 7.20. The van der Waals surface area contributed by atoms with Gasteiger partial charge in [0.15, 0.2) is 0 Å². The van der Waals surface area contributed by atoms with Gasteiger partial charge in [0.05, 0.1) is 0 Å². The number of hydrogen-bond acceptors (Lipinski definition) is 0. The zero-order valence-corrected chi connectivity index (χ0v) is 13.0. The molecule has 0 nitrogen and oxygen atoms in total. The summed E-state index contributed by atoms with van der Waals surface area (Å²) in [5.41, 5.74) is 3.34. The topological polar surface area (TPSA) is 0 Å². The van der Waals surface area contributed by atoms with Crippen LogP contribution in [0.1, 0.15) is 49.1 Å². The highest BCUT2D eigenvalue weighted by atomic mass is 14.4. The first-order valence-corrected chi connectivity index (χ1v) is 8.85. The lowest BCUT2D eigenvalue weighted by molar-refractivity contribution is 0.276. The molecule has 0 aliphatic heterocycles. The Balaban J connectivity index is 1.77. The molecule has 22 heavy (non-hydrogen) atoms. The van der Waals surface area contributed by atoms with Gasteiger partial charge in [-0.25, -0.2) is 0 Å². The van der Waals surface area contributed by atoms with Crippen molar-refractivity contribution in [1.29, 1.82) is 0 Å². The molecule has 5 rings (SSSR count). The lowest BCUT2D eigenvalue weighted by atomic mass is 9.67. The van der Waals surface area contributed by atoms with Gasteiger partial charge < -0.3 is 0 Å². The van der Waals surface area contributed by atoms with Crippen LogP contribution in [0.5, 0.6) is 0 Å². The maximum absolute atomic E-state index is 2.46. The molecule has 0 N–H and O–H groups in total. The molecule has 1 saturated carbocycles. The van der Waals surface area contributed by atoms with Crippen LogP contribution < -0.4 is 0 Å². The van der Waals surface area contributed by atoms with E-state index < -0.39 is 0 Å². The molecule has 0 aromatic heterocycles. The normalized spacial score (nSPS) is 24.2. The molecule has 3 aromatic carbocycles. The maximum atomic E-state index is 2.46. The van der Waals surface area contributed by atoms with Crippen molar-refractivity contribution in [2.24, 2.45) is 5.92 Å². The summed E-state index contributed by atoms with van der Waals surface area (Å²) < 4.78 is 0. The van der Waals surface area contributed by atoms with E-state index in [4.69, 9.17) is 0 Å². The first kappa shape index (κ1) is 12.7. The van der Waals surface area contributed by atoms with Gasteiger partial charge in [-0.2, -0.15) is 0 Å². The minimum Gasteiger partial charge on any atom is -0.0616 e. The molecule has 0 amide bonds. The van der Waals surface area contributed by atoms with E-state index in [9.17, 15) is 0 Å². The number of rotatable bonds is 0. The van der Waals surface area contributed by atoms with Gasteiger partial charge in [-0.1, -0.05) is 61.4 Å². The summed E-state index contributed by atoms with van der Waals surface area (Å²) in [6, 6.07) is 18.4. The maximum Gasteiger partial charge on any atom is -0.0102 e. The second-order valence-electron chi connectivity index (χ2n) is 7.20. The Bertz CT molecular complexity index is 858. The van der Waals surface area contributed by atoms with Gasteiger partial charge in [-0.3, -0.25) is 0 Å². The number of aryl methyl sites for hydroxylation is 1. The molecule has 0 radical (unpaired) electrons. The van der Waals surface area contributed by atoms with Crippen molar-refractivity contribution in [2.45, 2.75) is 44.4 Å². The Kier molecular flexibility index (Phi) is 2.80. The molecule has 2 unspecified atom stereocenters. The monoisotopic (exact) mass is 286 g/mol. The lowest BCUT2D eigenvalue weighted by Gasteiger charge is -2.37. The molecule has 0 saturated heterocycles. The van der Waals surface area contributed by atoms with Gasteiger partial charge in [-0.05, 0) is 70.2 Å². The van der Waals surface area contributed by atoms with E-state index in [-0.39, 0.29) is 0 Å². The first-order chi connectivity index (χ1) is 10.9. The Morgan fingerprint density at radius 1 is 0.682 bits per heavy atom. The van der Waals surface area contributed by atoms with Gasteiger partial charge >= 0.3 is 0 Å². The molecule has 0 heterocycles. The van der Waals surface area contributed by atoms with Crippen molar-refractivity contribution in [2.75, 3.05) is 0 Å². The summed E-state index contributed by atoms with van der Waals surface area (Å²) in [5.74, 6) is 1.80. The summed E-state index contributed by atoms with van der Waals surface area (Å²) in [5, 5.41) is 5.74. The summed E-state index contributed by atoms with van der Waals surface area (Å²) >= 11 is 0. The van der Waals surface area contributed by atoms with Crippen LogP contribution in [-0.2, 0) is 6.42 Å². The van der Waals surface area contributed by atoms with E-state index in [1.165, 1.54) is 60.1 Å². The van der Waals surface area contributed by atoms with Crippen LogP contribution in [0.2, 0.25) is 0 Å². The predicted octanol–water partition coefficient (Wildman–Crippen LogP) is 6.21. The van der Waals surface area contributed by atoms with Crippen LogP contribution in [0.15, 0.2) is 48.5 Å². The molecule has 2 aliphatic carbocycles. The third kappa shape index (κ3) is 1.76. The van der Waals surface area contributed by atoms with E-state index in [0.29, 0.717) is 0 Å². The minimum atomic E-state index is 0.841. The fourth-order valence-corrected chi connectivity index (χ4v) is 5.09. The van der Waals surface area contributed by atoms with Crippen LogP contribution in [0.3, 0.4) is 0 Å². The third-order valence-corrected chi connectivity index (χ3v) is 6.15. The van der Waals surface area contributed by atoms with Gasteiger partial charge in [0.25, 0.3) is 0 Å². The quantitative estimate of drug-likeness (QED) is 0.431. The Morgan fingerprint density at radius 3 is 2.55 bits per heavy atom. The number of hydrogen-bond donors (Lipinski definition) is 0. The molecule has 2 aliphatic rings. The van der Waals surface area contributed by atoms with Gasteiger partial charge in [0.2, 0.25) is 0 Å². The summed E-state index contributed by atoms with van der Waals surface area (Å²) in [6.45, 7) is 0. The van der Waals surface area contributed by atoms with Gasteiger partial charge in [-0.15, -0.1) is 0 Å². The second kappa shape index (κ2) is 4.84. The zero-order valence-electron chi connectivity index (χ0n) is 13.0. The smallest absolute Gasteiger partial charge is 0.0102 e. The average molecular weight is 286 g/mol. The zero-order chi connectivity index (χ0) is 14.5. The highest BCUT2D eigenvalue weighted by Crippen LogP contribution is 2.47. The van der Waals surface area contributed by atoms with Crippen LogP contribution >= 0.6 is 0 Å². The summed E-state index contributed by atoms with van der Waals surface area (Å²) in [7, 11) is 0. The SMILES string of the molecule is c1ccc2c(c1)ccc1c3c(ccc12)C1CCCCC1CC3. The molecule has 3 aromatic rings. The lowest BCUT2D eigenvalue weighted by Crippen LogP contribution is -2.24. The minimum absolute atomic E-state index is 0.841. The number of fused-ring (bicyclic) bond motifs is 7. The molecule has 0 heteroatoms. The average Bonchev–Trinajstić information content (AvgIpc) is 2.60. The Morgan fingerprint density at radius 2 is 1.55 bits per heavy atom. The van der Waals surface area contributed by atoms with Crippen LogP contribution in [0.25, 0.3) is 21.5 Å². The van der Waals surface area contributed by atoms with E-state index >= 15 is 0 Å². The molecule has 1 fully saturated rings. The molecule has 2 atom stereocenters. The van der Waals surface area contributed by atoms with Gasteiger partial charge in [0, 0.05) is 0 Å². The van der Waals surface area contributed by atoms with E-state index in [2.05, 4.69) is 48.5 Å². The van der Waals surface area contributed by atoms with Crippen molar-refractivity contribution in [3.05, 3.63) is 59.7 Å². The van der Waals surface area contributed by atoms with E-state index in [1.807, 2.05) is 0 Å². The highest BCUT2D eigenvalue weighted by Gasteiger charge is 2.32. The van der Waals surface area contributed by atoms with Crippen LogP contribution in [0.4, 0.5) is 0 Å². The predicted molar refractivity (Wildman–Crippen MR) is 94.5 cm³/mol. The van der Waals surface area contributed by atoms with Crippen molar-refractivity contribution in [3.8, 4) is 0 Å². The third-order valence-electron chi connectivity index (χ3n) is 6.15. The highest BCUT2D eigenvalue weighted by molar-refractivity contribution is 6.08. The molecule has 0 bridgehead atoms. The molecule has 110 valence electrons. The van der Waals surface area contributed by atoms with Gasteiger partial charge in [0.1, 0.15) is 0 Å². The van der Waals surface area contributed by atoms with Crippen LogP contribution in [0, 0.1) is 5.92 Å².